The first-order valence-corrected chi connectivity index (χ1v) is 23.8. The van der Waals surface area contributed by atoms with Gasteiger partial charge in [-0.25, -0.2) is 0 Å². The molecule has 0 saturated heterocycles. The number of benzene rings is 11. The Morgan fingerprint density at radius 1 is 0.275 bits per heavy atom. The summed E-state index contributed by atoms with van der Waals surface area (Å²) >= 11 is 0. The van der Waals surface area contributed by atoms with Crippen LogP contribution in [0, 0.1) is 0 Å². The normalized spacial score (nSPS) is 12.5. The van der Waals surface area contributed by atoms with Gasteiger partial charge in [-0.1, -0.05) is 206 Å². The average Bonchev–Trinajstić information content (AvgIpc) is 3.92. The van der Waals surface area contributed by atoms with Gasteiger partial charge in [-0.15, -0.1) is 0 Å². The molecular weight excluding hydrogens is 833 g/mol. The molecule has 11 aromatic carbocycles. The number of fused-ring (bicyclic) bond motifs is 6. The first kappa shape index (κ1) is 40.3. The highest BCUT2D eigenvalue weighted by molar-refractivity contribution is 6.10. The van der Waals surface area contributed by atoms with Gasteiger partial charge < -0.3 is 9.47 Å². The third kappa shape index (κ3) is 6.72. The average molecular weight is 879 g/mol. The van der Waals surface area contributed by atoms with Gasteiger partial charge in [-0.2, -0.15) is 0 Å². The predicted molar refractivity (Wildman–Crippen MR) is 289 cm³/mol. The fourth-order valence-corrected chi connectivity index (χ4v) is 11.2. The zero-order chi connectivity index (χ0) is 45.7. The SMILES string of the molecule is c1ccc(-c2cccc(N(c3cc(-c4ccccc4)cc(-c4ccc5c(c4)c4ccccc4n5-c4ccccc4)c3)c3ccc4c(c3)-c3ccccc3C4(c3ccccc3)c3ccccc3)c2)cc1. The Balaban J connectivity index is 1.06. The smallest absolute Gasteiger partial charge is 0.0713 e. The Morgan fingerprint density at radius 2 is 0.783 bits per heavy atom. The highest BCUT2D eigenvalue weighted by atomic mass is 15.1. The molecule has 1 aliphatic rings. The van der Waals surface area contributed by atoms with Gasteiger partial charge in [0.05, 0.1) is 16.4 Å². The second-order valence-corrected chi connectivity index (χ2v) is 18.1. The standard InChI is InChI=1S/C67H46N2/c1-6-21-47(22-7-1)49-25-20-32-56(42-49)68(57-38-39-64-61(46-57)59-33-16-18-35-63(59)67(64,53-26-10-3-11-27-53)54-28-12-4-13-29-54)58-43-51(48-23-8-2-9-24-48)41-52(44-58)50-37-40-66-62(45-50)60-34-17-19-36-65(60)69(66)55-30-14-5-15-31-55/h1-46H. The van der Waals surface area contributed by atoms with Crippen LogP contribution in [-0.2, 0) is 5.41 Å². The Kier molecular flexibility index (Phi) is 9.77. The molecule has 2 nitrogen and oxygen atoms in total. The molecule has 2 heteroatoms. The van der Waals surface area contributed by atoms with Crippen molar-refractivity contribution >= 4 is 38.9 Å². The maximum atomic E-state index is 2.47. The summed E-state index contributed by atoms with van der Waals surface area (Å²) in [6.07, 6.45) is 0. The van der Waals surface area contributed by atoms with Crippen molar-refractivity contribution in [2.24, 2.45) is 0 Å². The van der Waals surface area contributed by atoms with Crippen LogP contribution >= 0.6 is 0 Å². The van der Waals surface area contributed by atoms with E-state index in [2.05, 4.69) is 289 Å². The number of aromatic nitrogens is 1. The van der Waals surface area contributed by atoms with Crippen LogP contribution in [-0.4, -0.2) is 4.57 Å². The summed E-state index contributed by atoms with van der Waals surface area (Å²) in [6, 6.07) is 102. The van der Waals surface area contributed by atoms with E-state index in [1.165, 1.54) is 66.3 Å². The summed E-state index contributed by atoms with van der Waals surface area (Å²) in [5, 5.41) is 2.46. The van der Waals surface area contributed by atoms with Gasteiger partial charge in [-0.3, -0.25) is 0 Å². The largest absolute Gasteiger partial charge is 0.310 e. The van der Waals surface area contributed by atoms with Crippen molar-refractivity contribution in [1.29, 1.82) is 0 Å². The zero-order valence-corrected chi connectivity index (χ0v) is 38.0. The summed E-state index contributed by atoms with van der Waals surface area (Å²) in [7, 11) is 0. The van der Waals surface area contributed by atoms with Gasteiger partial charge >= 0.3 is 0 Å². The van der Waals surface area contributed by atoms with Crippen molar-refractivity contribution < 1.29 is 0 Å². The molecule has 0 amide bonds. The molecule has 0 spiro atoms. The molecule has 13 rings (SSSR count). The summed E-state index contributed by atoms with van der Waals surface area (Å²) < 4.78 is 2.39. The van der Waals surface area contributed by atoms with Crippen molar-refractivity contribution in [1.82, 2.24) is 4.57 Å². The quantitative estimate of drug-likeness (QED) is 0.140. The second-order valence-electron chi connectivity index (χ2n) is 18.1. The number of para-hydroxylation sites is 2. The number of hydrogen-bond acceptors (Lipinski definition) is 1. The third-order valence-electron chi connectivity index (χ3n) is 14.2. The maximum absolute atomic E-state index is 2.47. The molecule has 0 saturated carbocycles. The van der Waals surface area contributed by atoms with E-state index in [0.717, 1.165) is 45.0 Å². The lowest BCUT2D eigenvalue weighted by atomic mass is 9.68. The molecular formula is C67H46N2. The lowest BCUT2D eigenvalue weighted by molar-refractivity contribution is 0.768. The summed E-state index contributed by atoms with van der Waals surface area (Å²) in [5.74, 6) is 0. The fraction of sp³-hybridized carbons (Fsp3) is 0.0149. The minimum atomic E-state index is -0.492. The molecule has 1 aromatic heterocycles. The van der Waals surface area contributed by atoms with Crippen LogP contribution in [0.15, 0.2) is 279 Å². The maximum Gasteiger partial charge on any atom is 0.0713 e. The van der Waals surface area contributed by atoms with Gasteiger partial charge in [0.15, 0.2) is 0 Å². The van der Waals surface area contributed by atoms with Crippen molar-refractivity contribution in [3.63, 3.8) is 0 Å². The second kappa shape index (κ2) is 16.7. The molecule has 12 aromatic rings. The van der Waals surface area contributed by atoms with Crippen LogP contribution in [0.3, 0.4) is 0 Å². The van der Waals surface area contributed by atoms with Crippen LogP contribution in [0.5, 0.6) is 0 Å². The van der Waals surface area contributed by atoms with E-state index in [9.17, 15) is 0 Å². The predicted octanol–water partition coefficient (Wildman–Crippen LogP) is 17.6. The molecule has 69 heavy (non-hydrogen) atoms. The molecule has 324 valence electrons. The summed E-state index contributed by atoms with van der Waals surface area (Å²) in [5.41, 5.74) is 20.8. The van der Waals surface area contributed by atoms with E-state index in [4.69, 9.17) is 0 Å². The fourth-order valence-electron chi connectivity index (χ4n) is 11.2. The zero-order valence-electron chi connectivity index (χ0n) is 38.0. The lowest BCUT2D eigenvalue weighted by Gasteiger charge is -2.34. The first-order valence-electron chi connectivity index (χ1n) is 23.8. The topological polar surface area (TPSA) is 8.17 Å². The summed E-state index contributed by atoms with van der Waals surface area (Å²) in [6.45, 7) is 0. The molecule has 0 radical (unpaired) electrons. The minimum absolute atomic E-state index is 0.492. The molecule has 1 heterocycles. The van der Waals surface area contributed by atoms with Crippen molar-refractivity contribution in [3.8, 4) is 50.2 Å². The van der Waals surface area contributed by atoms with E-state index in [1.807, 2.05) is 0 Å². The Bertz CT molecular complexity index is 3780. The van der Waals surface area contributed by atoms with E-state index >= 15 is 0 Å². The highest BCUT2D eigenvalue weighted by Crippen LogP contribution is 2.57. The monoisotopic (exact) mass is 878 g/mol. The Hall–Kier alpha value is -8.98. The molecule has 0 unspecified atom stereocenters. The van der Waals surface area contributed by atoms with E-state index in [1.54, 1.807) is 0 Å². The van der Waals surface area contributed by atoms with Crippen molar-refractivity contribution in [2.75, 3.05) is 4.90 Å². The van der Waals surface area contributed by atoms with Crippen LogP contribution in [0.4, 0.5) is 17.1 Å². The number of rotatable bonds is 9. The van der Waals surface area contributed by atoms with Crippen molar-refractivity contribution in [3.05, 3.63) is 301 Å². The van der Waals surface area contributed by atoms with Crippen LogP contribution in [0.25, 0.3) is 72.0 Å². The van der Waals surface area contributed by atoms with E-state index in [-0.39, 0.29) is 0 Å². The molecule has 0 fully saturated rings. The van der Waals surface area contributed by atoms with Gasteiger partial charge in [0.2, 0.25) is 0 Å². The van der Waals surface area contributed by atoms with Gasteiger partial charge in [0, 0.05) is 33.5 Å². The Morgan fingerprint density at radius 3 is 1.49 bits per heavy atom. The molecule has 0 atom stereocenters. The first-order chi connectivity index (χ1) is 34.2. The van der Waals surface area contributed by atoms with E-state index < -0.39 is 5.41 Å². The van der Waals surface area contributed by atoms with E-state index in [0.29, 0.717) is 0 Å². The van der Waals surface area contributed by atoms with Gasteiger partial charge in [0.1, 0.15) is 0 Å². The van der Waals surface area contributed by atoms with Crippen LogP contribution < -0.4 is 4.90 Å². The molecule has 0 N–H and O–H groups in total. The lowest BCUT2D eigenvalue weighted by Crippen LogP contribution is -2.28. The van der Waals surface area contributed by atoms with Crippen LogP contribution in [0.2, 0.25) is 0 Å². The summed E-state index contributed by atoms with van der Waals surface area (Å²) in [4.78, 5) is 2.47. The molecule has 0 aliphatic heterocycles. The molecule has 0 bridgehead atoms. The number of anilines is 3. The third-order valence-corrected chi connectivity index (χ3v) is 14.2. The highest BCUT2D eigenvalue weighted by Gasteiger charge is 2.46. The molecule has 1 aliphatic carbocycles. The van der Waals surface area contributed by atoms with Gasteiger partial charge in [0.25, 0.3) is 0 Å². The minimum Gasteiger partial charge on any atom is -0.310 e. The Labute approximate surface area is 403 Å². The number of hydrogen-bond donors (Lipinski definition) is 0. The van der Waals surface area contributed by atoms with Crippen molar-refractivity contribution in [2.45, 2.75) is 5.41 Å². The number of nitrogens with zero attached hydrogens (tertiary/aromatic N) is 2. The van der Waals surface area contributed by atoms with Crippen LogP contribution in [0.1, 0.15) is 22.3 Å². The van der Waals surface area contributed by atoms with Gasteiger partial charge in [-0.05, 0) is 140 Å².